The lowest BCUT2D eigenvalue weighted by molar-refractivity contribution is -0.242. The first kappa shape index (κ1) is 17.6. The predicted octanol–water partition coefficient (Wildman–Crippen LogP) is 2.78. The Labute approximate surface area is 135 Å². The van der Waals surface area contributed by atoms with Crippen molar-refractivity contribution in [1.29, 1.82) is 5.26 Å². The van der Waals surface area contributed by atoms with Gasteiger partial charge in [0, 0.05) is 25.0 Å². The minimum atomic E-state index is -4.96. The lowest BCUT2D eigenvalue weighted by Gasteiger charge is -2.30. The molecule has 1 aliphatic heterocycles. The van der Waals surface area contributed by atoms with Gasteiger partial charge in [0.25, 0.3) is 0 Å². The van der Waals surface area contributed by atoms with E-state index < -0.39 is 12.1 Å². The third-order valence-electron chi connectivity index (χ3n) is 3.35. The van der Waals surface area contributed by atoms with Gasteiger partial charge in [-0.1, -0.05) is 0 Å². The highest BCUT2D eigenvalue weighted by Gasteiger charge is 2.42. The Morgan fingerprint density at radius 1 is 1.43 bits per heavy atom. The van der Waals surface area contributed by atoms with Crippen LogP contribution in [0.15, 0.2) is 23.4 Å². The molecule has 0 unspecified atom stereocenters. The highest BCUT2D eigenvalue weighted by molar-refractivity contribution is 7.99. The van der Waals surface area contributed by atoms with Crippen molar-refractivity contribution < 1.29 is 22.8 Å². The third kappa shape index (κ3) is 5.41. The van der Waals surface area contributed by atoms with Gasteiger partial charge in [0.15, 0.2) is 0 Å². The van der Waals surface area contributed by atoms with Gasteiger partial charge in [-0.15, -0.1) is 16.8 Å². The largest absolute Gasteiger partial charge is 0.492 e. The van der Waals surface area contributed by atoms with Crippen LogP contribution < -0.4 is 0 Å². The van der Waals surface area contributed by atoms with Gasteiger partial charge in [-0.2, -0.15) is 18.4 Å². The van der Waals surface area contributed by atoms with Crippen LogP contribution >= 0.6 is 11.8 Å². The molecule has 0 radical (unpaired) electrons. The smallest absolute Gasteiger partial charge is 0.361 e. The molecule has 124 valence electrons. The maximum absolute atomic E-state index is 12.1. The van der Waals surface area contributed by atoms with Crippen LogP contribution in [0.5, 0.6) is 0 Å². The Morgan fingerprint density at radius 3 is 2.65 bits per heavy atom. The third-order valence-corrected chi connectivity index (χ3v) is 4.52. The van der Waals surface area contributed by atoms with Crippen molar-refractivity contribution in [3.63, 3.8) is 0 Å². The number of nitrogens with zero attached hydrogens (tertiary/aromatic N) is 3. The molecule has 2 rings (SSSR count). The summed E-state index contributed by atoms with van der Waals surface area (Å²) in [5, 5.41) is 10.6. The number of alkyl halides is 3. The van der Waals surface area contributed by atoms with E-state index in [1.807, 2.05) is 6.07 Å². The van der Waals surface area contributed by atoms with Crippen LogP contribution in [0, 0.1) is 17.2 Å². The van der Waals surface area contributed by atoms with Crippen molar-refractivity contribution in [3.05, 3.63) is 23.9 Å². The second kappa shape index (κ2) is 7.66. The number of thioether (sulfide) groups is 1. The van der Waals surface area contributed by atoms with Crippen LogP contribution in [0.2, 0.25) is 0 Å². The maximum atomic E-state index is 12.1. The van der Waals surface area contributed by atoms with Crippen molar-refractivity contribution in [1.82, 2.24) is 10.0 Å². The molecule has 9 heteroatoms. The lowest BCUT2D eigenvalue weighted by atomic mass is 10.0. The van der Waals surface area contributed by atoms with Gasteiger partial charge >= 0.3 is 12.1 Å². The van der Waals surface area contributed by atoms with Gasteiger partial charge in [-0.3, -0.25) is 0 Å². The molecule has 0 spiro atoms. The quantitative estimate of drug-likeness (QED) is 0.782. The molecule has 0 aliphatic carbocycles. The summed E-state index contributed by atoms with van der Waals surface area (Å²) >= 11 is 1.54. The van der Waals surface area contributed by atoms with Crippen molar-refractivity contribution in [3.8, 4) is 6.07 Å². The molecule has 0 atom stereocenters. The first-order chi connectivity index (χ1) is 10.9. The van der Waals surface area contributed by atoms with Crippen LogP contribution in [-0.2, 0) is 9.63 Å². The van der Waals surface area contributed by atoms with Gasteiger partial charge in [0.1, 0.15) is 6.07 Å². The fraction of sp³-hybridized carbons (Fsp3) is 0.500. The van der Waals surface area contributed by atoms with Crippen LogP contribution in [0.25, 0.3) is 0 Å². The zero-order chi connectivity index (χ0) is 16.9. The number of hydroxylamine groups is 2. The average Bonchev–Trinajstić information content (AvgIpc) is 2.54. The maximum Gasteiger partial charge on any atom is 0.492 e. The number of carbonyl (C=O) groups excluding carboxylic acids is 1. The van der Waals surface area contributed by atoms with E-state index in [4.69, 9.17) is 5.26 Å². The molecular weight excluding hydrogens is 331 g/mol. The number of rotatable bonds is 4. The molecule has 0 N–H and O–H groups in total. The SMILES string of the molecule is N#Cc1ccc(SCC2CCN(OC(=O)C(F)(F)F)CC2)nc1. The molecule has 1 aliphatic rings. The van der Waals surface area contributed by atoms with Crippen LogP contribution in [0.1, 0.15) is 18.4 Å². The van der Waals surface area contributed by atoms with E-state index in [0.717, 1.165) is 15.8 Å². The first-order valence-corrected chi connectivity index (χ1v) is 7.90. The topological polar surface area (TPSA) is 66.2 Å². The monoisotopic (exact) mass is 345 g/mol. The van der Waals surface area contributed by atoms with E-state index in [2.05, 4.69) is 9.82 Å². The molecule has 0 bridgehead atoms. The Kier molecular flexibility index (Phi) is 5.85. The molecule has 0 saturated carbocycles. The van der Waals surface area contributed by atoms with E-state index in [1.54, 1.807) is 12.1 Å². The molecule has 1 fully saturated rings. The summed E-state index contributed by atoms with van der Waals surface area (Å²) in [6, 6.07) is 5.45. The number of halogens is 3. The highest BCUT2D eigenvalue weighted by atomic mass is 32.2. The van der Waals surface area contributed by atoms with Gasteiger partial charge < -0.3 is 4.84 Å². The molecule has 0 aromatic carbocycles. The summed E-state index contributed by atoms with van der Waals surface area (Å²) in [7, 11) is 0. The number of carbonyl (C=O) groups is 1. The summed E-state index contributed by atoms with van der Waals surface area (Å²) < 4.78 is 36.3. The van der Waals surface area contributed by atoms with Gasteiger partial charge in [0.2, 0.25) is 0 Å². The highest BCUT2D eigenvalue weighted by Crippen LogP contribution is 2.26. The standard InChI is InChI=1S/C14H14F3N3O2S/c15-14(16,17)13(21)22-20-5-3-10(4-6-20)9-23-12-2-1-11(7-18)8-19-12/h1-2,8,10H,3-6,9H2. The zero-order valence-electron chi connectivity index (χ0n) is 12.0. The van der Waals surface area contributed by atoms with Gasteiger partial charge in [-0.05, 0) is 30.9 Å². The van der Waals surface area contributed by atoms with Crippen molar-refractivity contribution in [2.24, 2.45) is 5.92 Å². The minimum Gasteiger partial charge on any atom is -0.361 e. The predicted molar refractivity (Wildman–Crippen MR) is 76.1 cm³/mol. The number of pyridine rings is 1. The number of hydrogen-bond donors (Lipinski definition) is 0. The summed E-state index contributed by atoms with van der Waals surface area (Å²) in [6.07, 6.45) is -2.17. The van der Waals surface area contributed by atoms with Crippen molar-refractivity contribution >= 4 is 17.7 Å². The molecule has 5 nitrogen and oxygen atoms in total. The normalized spacial score (nSPS) is 16.8. The number of nitriles is 1. The zero-order valence-corrected chi connectivity index (χ0v) is 12.9. The second-order valence-corrected chi connectivity index (χ2v) is 6.10. The molecule has 23 heavy (non-hydrogen) atoms. The summed E-state index contributed by atoms with van der Waals surface area (Å²) in [6.45, 7) is 0.571. The van der Waals surface area contributed by atoms with Crippen molar-refractivity contribution in [2.45, 2.75) is 24.0 Å². The summed E-state index contributed by atoms with van der Waals surface area (Å²) in [5.41, 5.74) is 0.495. The van der Waals surface area contributed by atoms with Crippen molar-refractivity contribution in [2.75, 3.05) is 18.8 Å². The van der Waals surface area contributed by atoms with Gasteiger partial charge in [0.05, 0.1) is 10.6 Å². The van der Waals surface area contributed by atoms with Gasteiger partial charge in [-0.25, -0.2) is 9.78 Å². The second-order valence-electron chi connectivity index (χ2n) is 5.06. The fourth-order valence-corrected chi connectivity index (χ4v) is 3.10. The number of aromatic nitrogens is 1. The van der Waals surface area contributed by atoms with Crippen LogP contribution in [0.3, 0.4) is 0 Å². The van der Waals surface area contributed by atoms with E-state index in [0.29, 0.717) is 24.3 Å². The number of piperidine rings is 1. The van der Waals surface area contributed by atoms with E-state index in [9.17, 15) is 18.0 Å². The van der Waals surface area contributed by atoms with Crippen LogP contribution in [0.4, 0.5) is 13.2 Å². The molecule has 0 amide bonds. The Bertz CT molecular complexity index is 578. The molecular formula is C14H14F3N3O2S. The molecule has 1 aromatic heterocycles. The Hall–Kier alpha value is -1.79. The molecule has 1 aromatic rings. The molecule has 2 heterocycles. The molecule has 1 saturated heterocycles. The van der Waals surface area contributed by atoms with E-state index >= 15 is 0 Å². The number of hydrogen-bond acceptors (Lipinski definition) is 6. The van der Waals surface area contributed by atoms with E-state index in [-0.39, 0.29) is 13.1 Å². The average molecular weight is 345 g/mol. The fourth-order valence-electron chi connectivity index (χ4n) is 2.07. The summed E-state index contributed by atoms with van der Waals surface area (Å²) in [5.74, 6) is -1.08. The summed E-state index contributed by atoms with van der Waals surface area (Å²) in [4.78, 5) is 19.2. The lowest BCUT2D eigenvalue weighted by Crippen LogP contribution is -2.40. The van der Waals surface area contributed by atoms with E-state index in [1.165, 1.54) is 18.0 Å². The van der Waals surface area contributed by atoms with Crippen LogP contribution in [-0.4, -0.2) is 41.0 Å². The first-order valence-electron chi connectivity index (χ1n) is 6.91. The minimum absolute atomic E-state index is 0.286. The Balaban J connectivity index is 1.72. The Morgan fingerprint density at radius 2 is 2.13 bits per heavy atom.